The van der Waals surface area contributed by atoms with Crippen molar-refractivity contribution in [1.29, 1.82) is 0 Å². The van der Waals surface area contributed by atoms with Crippen LogP contribution < -0.4 is 5.32 Å². The number of urea groups is 1. The van der Waals surface area contributed by atoms with E-state index in [-0.39, 0.29) is 18.2 Å². The summed E-state index contributed by atoms with van der Waals surface area (Å²) < 4.78 is 5.47. The molecule has 2 amide bonds. The first-order valence-electron chi connectivity index (χ1n) is 7.87. The largest absolute Gasteiger partial charge is 0.481 e. The third-order valence-corrected chi connectivity index (χ3v) is 4.64. The van der Waals surface area contributed by atoms with Crippen LogP contribution in [0.1, 0.15) is 46.0 Å². The maximum absolute atomic E-state index is 12.3. The molecule has 2 fully saturated rings. The summed E-state index contributed by atoms with van der Waals surface area (Å²) in [5.41, 5.74) is -0.755. The van der Waals surface area contributed by atoms with Gasteiger partial charge in [0.1, 0.15) is 0 Å². The Bertz CT molecular complexity index is 401. The molecule has 2 aliphatic heterocycles. The summed E-state index contributed by atoms with van der Waals surface area (Å²) in [5.74, 6) is -0.778. The van der Waals surface area contributed by atoms with Crippen molar-refractivity contribution in [1.82, 2.24) is 10.2 Å². The third-order valence-electron chi connectivity index (χ3n) is 4.64. The van der Waals surface area contributed by atoms with Crippen molar-refractivity contribution in [2.24, 2.45) is 5.41 Å². The predicted octanol–water partition coefficient (Wildman–Crippen LogP) is 1.84. The van der Waals surface area contributed by atoms with Gasteiger partial charge in [-0.1, -0.05) is 13.3 Å². The number of rotatable bonds is 4. The Kier molecular flexibility index (Phi) is 5.08. The number of amides is 2. The van der Waals surface area contributed by atoms with Gasteiger partial charge < -0.3 is 20.1 Å². The number of carbonyl (C=O) groups excluding carboxylic acids is 1. The lowest BCUT2D eigenvalue weighted by Gasteiger charge is -2.30. The van der Waals surface area contributed by atoms with Gasteiger partial charge >= 0.3 is 12.0 Å². The van der Waals surface area contributed by atoms with Crippen LogP contribution in [0.15, 0.2) is 0 Å². The van der Waals surface area contributed by atoms with Crippen molar-refractivity contribution in [3.8, 4) is 0 Å². The van der Waals surface area contributed by atoms with E-state index in [0.717, 1.165) is 19.3 Å². The fraction of sp³-hybridized carbons (Fsp3) is 0.867. The van der Waals surface area contributed by atoms with Crippen molar-refractivity contribution in [2.75, 3.05) is 19.7 Å². The van der Waals surface area contributed by atoms with E-state index in [1.54, 1.807) is 4.90 Å². The van der Waals surface area contributed by atoms with Crippen LogP contribution in [0.25, 0.3) is 0 Å². The maximum Gasteiger partial charge on any atom is 0.317 e. The number of carbonyl (C=O) groups is 2. The summed E-state index contributed by atoms with van der Waals surface area (Å²) in [4.78, 5) is 25.5. The van der Waals surface area contributed by atoms with Gasteiger partial charge in [-0.05, 0) is 32.6 Å². The molecule has 21 heavy (non-hydrogen) atoms. The Hall–Kier alpha value is -1.30. The number of aliphatic carboxylic acids is 1. The highest BCUT2D eigenvalue weighted by molar-refractivity contribution is 5.79. The van der Waals surface area contributed by atoms with Crippen molar-refractivity contribution in [2.45, 2.75) is 58.1 Å². The number of ether oxygens (including phenoxy) is 1. The lowest BCUT2D eigenvalue weighted by atomic mass is 9.83. The molecule has 0 spiro atoms. The van der Waals surface area contributed by atoms with Crippen molar-refractivity contribution >= 4 is 12.0 Å². The van der Waals surface area contributed by atoms with Crippen molar-refractivity contribution in [3.63, 3.8) is 0 Å². The molecular formula is C15H26N2O4. The second-order valence-corrected chi connectivity index (χ2v) is 6.36. The summed E-state index contributed by atoms with van der Waals surface area (Å²) in [5, 5.41) is 12.5. The van der Waals surface area contributed by atoms with Crippen LogP contribution >= 0.6 is 0 Å². The first kappa shape index (κ1) is 16.1. The van der Waals surface area contributed by atoms with Gasteiger partial charge in [-0.15, -0.1) is 0 Å². The van der Waals surface area contributed by atoms with Crippen LogP contribution in [0, 0.1) is 5.41 Å². The van der Waals surface area contributed by atoms with Gasteiger partial charge in [-0.25, -0.2) is 4.79 Å². The number of hydrogen-bond acceptors (Lipinski definition) is 3. The minimum Gasteiger partial charge on any atom is -0.481 e. The molecule has 2 heterocycles. The zero-order valence-corrected chi connectivity index (χ0v) is 12.9. The molecule has 0 saturated carbocycles. The van der Waals surface area contributed by atoms with Gasteiger partial charge in [0.25, 0.3) is 0 Å². The van der Waals surface area contributed by atoms with Crippen molar-refractivity contribution in [3.05, 3.63) is 0 Å². The molecule has 2 rings (SSSR count). The number of carboxylic acids is 1. The zero-order chi connectivity index (χ0) is 15.5. The highest BCUT2D eigenvalue weighted by Gasteiger charge is 2.45. The minimum absolute atomic E-state index is 0.131. The molecule has 2 N–H and O–H groups in total. The molecule has 3 unspecified atom stereocenters. The van der Waals surface area contributed by atoms with Gasteiger partial charge in [-0.2, -0.15) is 0 Å². The van der Waals surface area contributed by atoms with Crippen LogP contribution in [-0.2, 0) is 9.53 Å². The fourth-order valence-corrected chi connectivity index (χ4v) is 3.40. The summed E-state index contributed by atoms with van der Waals surface area (Å²) in [6.07, 6.45) is 3.80. The molecule has 2 aliphatic rings. The average molecular weight is 298 g/mol. The molecular weight excluding hydrogens is 272 g/mol. The Morgan fingerprint density at radius 1 is 1.48 bits per heavy atom. The van der Waals surface area contributed by atoms with Crippen LogP contribution in [0.5, 0.6) is 0 Å². The van der Waals surface area contributed by atoms with Crippen LogP contribution in [0.4, 0.5) is 4.79 Å². The third kappa shape index (κ3) is 3.67. The highest BCUT2D eigenvalue weighted by atomic mass is 16.5. The standard InChI is InChI=1S/C15H26N2O4/c1-3-5-15(13(18)19)6-7-17(10-15)14(20)16-12-4-8-21-11(2)9-12/h11-12H,3-10H2,1-2H3,(H,16,20)(H,18,19). The topological polar surface area (TPSA) is 78.9 Å². The van der Waals surface area contributed by atoms with Gasteiger partial charge in [-0.3, -0.25) is 4.79 Å². The van der Waals surface area contributed by atoms with Crippen LogP contribution in [0.3, 0.4) is 0 Å². The number of nitrogens with one attached hydrogen (secondary N) is 1. The molecule has 0 aromatic heterocycles. The maximum atomic E-state index is 12.3. The monoisotopic (exact) mass is 298 g/mol. The molecule has 6 heteroatoms. The lowest BCUT2D eigenvalue weighted by molar-refractivity contribution is -0.148. The van der Waals surface area contributed by atoms with E-state index in [2.05, 4.69) is 5.32 Å². The SMILES string of the molecule is CCCC1(C(=O)O)CCN(C(=O)NC2CCOC(C)C2)C1. The summed E-state index contributed by atoms with van der Waals surface area (Å²) >= 11 is 0. The Morgan fingerprint density at radius 2 is 2.24 bits per heavy atom. The number of carboxylic acid groups (broad SMARTS) is 1. The Morgan fingerprint density at radius 3 is 2.86 bits per heavy atom. The summed E-state index contributed by atoms with van der Waals surface area (Å²) in [6, 6.07) is 0.000538. The van der Waals surface area contributed by atoms with E-state index in [0.29, 0.717) is 32.5 Å². The van der Waals surface area contributed by atoms with Gasteiger partial charge in [0.2, 0.25) is 0 Å². The van der Waals surface area contributed by atoms with Gasteiger partial charge in [0.05, 0.1) is 11.5 Å². The van der Waals surface area contributed by atoms with E-state index >= 15 is 0 Å². The zero-order valence-electron chi connectivity index (χ0n) is 12.9. The van der Waals surface area contributed by atoms with E-state index in [1.165, 1.54) is 0 Å². The highest BCUT2D eigenvalue weighted by Crippen LogP contribution is 2.35. The lowest BCUT2D eigenvalue weighted by Crippen LogP contribution is -2.48. The molecule has 6 nitrogen and oxygen atoms in total. The summed E-state index contributed by atoms with van der Waals surface area (Å²) in [6.45, 7) is 5.50. The van der Waals surface area contributed by atoms with E-state index in [1.807, 2.05) is 13.8 Å². The fourth-order valence-electron chi connectivity index (χ4n) is 3.40. The number of likely N-dealkylation sites (tertiary alicyclic amines) is 1. The summed E-state index contributed by atoms with van der Waals surface area (Å²) in [7, 11) is 0. The quantitative estimate of drug-likeness (QED) is 0.830. The van der Waals surface area contributed by atoms with Crippen molar-refractivity contribution < 1.29 is 19.4 Å². The normalized spacial score (nSPS) is 33.0. The van der Waals surface area contributed by atoms with E-state index < -0.39 is 11.4 Å². The molecule has 0 bridgehead atoms. The first-order valence-corrected chi connectivity index (χ1v) is 7.87. The van der Waals surface area contributed by atoms with Crippen LogP contribution in [0.2, 0.25) is 0 Å². The molecule has 120 valence electrons. The molecule has 0 aliphatic carbocycles. The molecule has 3 atom stereocenters. The predicted molar refractivity (Wildman–Crippen MR) is 78.1 cm³/mol. The average Bonchev–Trinajstić information content (AvgIpc) is 2.85. The second-order valence-electron chi connectivity index (χ2n) is 6.36. The van der Waals surface area contributed by atoms with Gasteiger partial charge in [0.15, 0.2) is 0 Å². The Balaban J connectivity index is 1.90. The molecule has 2 saturated heterocycles. The van der Waals surface area contributed by atoms with Crippen LogP contribution in [-0.4, -0.2) is 53.8 Å². The number of nitrogens with zero attached hydrogens (tertiary/aromatic N) is 1. The van der Waals surface area contributed by atoms with Gasteiger partial charge in [0, 0.05) is 25.7 Å². The molecule has 0 radical (unpaired) electrons. The smallest absolute Gasteiger partial charge is 0.317 e. The second kappa shape index (κ2) is 6.64. The molecule has 0 aromatic rings. The Labute approximate surface area is 125 Å². The molecule has 0 aromatic carbocycles. The van der Waals surface area contributed by atoms with E-state index in [4.69, 9.17) is 4.74 Å². The van der Waals surface area contributed by atoms with E-state index in [9.17, 15) is 14.7 Å². The number of hydrogen-bond donors (Lipinski definition) is 2. The minimum atomic E-state index is -0.778. The first-order chi connectivity index (χ1) is 9.97.